The van der Waals surface area contributed by atoms with E-state index in [1.165, 1.54) is 12.8 Å². The number of hydrogen-bond acceptors (Lipinski definition) is 4. The van der Waals surface area contributed by atoms with E-state index < -0.39 is 0 Å². The van der Waals surface area contributed by atoms with Crippen molar-refractivity contribution in [2.24, 2.45) is 10.7 Å². The Hall–Kier alpha value is -1.90. The van der Waals surface area contributed by atoms with Crippen LogP contribution in [0.1, 0.15) is 18.4 Å². The number of hydrogen-bond donors (Lipinski definition) is 2. The Morgan fingerprint density at radius 3 is 2.74 bits per heavy atom. The summed E-state index contributed by atoms with van der Waals surface area (Å²) < 4.78 is 0. The molecule has 1 aliphatic rings. The van der Waals surface area contributed by atoms with E-state index in [1.807, 2.05) is 30.5 Å². The van der Waals surface area contributed by atoms with Crippen molar-refractivity contribution in [2.45, 2.75) is 19.4 Å². The van der Waals surface area contributed by atoms with Crippen molar-refractivity contribution in [3.05, 3.63) is 48.3 Å². The van der Waals surface area contributed by atoms with Gasteiger partial charge in [0.1, 0.15) is 11.6 Å². The highest BCUT2D eigenvalue weighted by Gasteiger charge is 2.13. The third-order valence-corrected chi connectivity index (χ3v) is 3.59. The topological polar surface area (TPSA) is 79.4 Å². The van der Waals surface area contributed by atoms with Gasteiger partial charge < -0.3 is 16.0 Å². The van der Waals surface area contributed by atoms with Crippen LogP contribution in [0.2, 0.25) is 0 Å². The Morgan fingerprint density at radius 2 is 2.00 bits per heavy atom. The smallest absolute Gasteiger partial charge is 0.194 e. The predicted octanol–water partition coefficient (Wildman–Crippen LogP) is 2.62. The second kappa shape index (κ2) is 8.66. The first-order chi connectivity index (χ1) is 10.8. The summed E-state index contributed by atoms with van der Waals surface area (Å²) in [6, 6.07) is 9.66. The highest BCUT2D eigenvalue weighted by atomic mass is 127. The van der Waals surface area contributed by atoms with Crippen molar-refractivity contribution >= 4 is 41.6 Å². The molecule has 1 fully saturated rings. The average Bonchev–Trinajstić information content (AvgIpc) is 3.09. The highest BCUT2D eigenvalue weighted by Crippen LogP contribution is 2.18. The zero-order valence-corrected chi connectivity index (χ0v) is 15.2. The summed E-state index contributed by atoms with van der Waals surface area (Å²) in [6.07, 6.45) is 6.03. The van der Waals surface area contributed by atoms with Gasteiger partial charge in [-0.05, 0) is 42.7 Å². The number of rotatable bonds is 4. The number of anilines is 2. The number of aromatic nitrogens is 2. The van der Waals surface area contributed by atoms with Crippen molar-refractivity contribution in [1.82, 2.24) is 9.97 Å². The molecule has 0 unspecified atom stereocenters. The zero-order valence-electron chi connectivity index (χ0n) is 12.9. The lowest BCUT2D eigenvalue weighted by atomic mass is 10.2. The molecule has 3 rings (SSSR count). The van der Waals surface area contributed by atoms with Crippen molar-refractivity contribution in [3.63, 3.8) is 0 Å². The van der Waals surface area contributed by atoms with Crippen LogP contribution < -0.4 is 16.0 Å². The van der Waals surface area contributed by atoms with Gasteiger partial charge in [0.2, 0.25) is 0 Å². The van der Waals surface area contributed by atoms with E-state index in [9.17, 15) is 0 Å². The van der Waals surface area contributed by atoms with Crippen LogP contribution in [0.25, 0.3) is 0 Å². The first-order valence-electron chi connectivity index (χ1n) is 7.49. The molecule has 0 radical (unpaired) electrons. The third kappa shape index (κ3) is 5.05. The summed E-state index contributed by atoms with van der Waals surface area (Å²) in [7, 11) is 0. The van der Waals surface area contributed by atoms with Crippen molar-refractivity contribution in [1.29, 1.82) is 0 Å². The summed E-state index contributed by atoms with van der Waals surface area (Å²) in [4.78, 5) is 15.3. The molecule has 0 amide bonds. The van der Waals surface area contributed by atoms with Gasteiger partial charge in [-0.25, -0.2) is 15.0 Å². The van der Waals surface area contributed by atoms with E-state index >= 15 is 0 Å². The van der Waals surface area contributed by atoms with Crippen LogP contribution in [0.3, 0.4) is 0 Å². The Bertz CT molecular complexity index is 640. The lowest BCUT2D eigenvalue weighted by molar-refractivity contribution is 0.928. The van der Waals surface area contributed by atoms with Crippen LogP contribution >= 0.6 is 24.0 Å². The number of halogens is 1. The summed E-state index contributed by atoms with van der Waals surface area (Å²) in [6.45, 7) is 2.70. The molecule has 122 valence electrons. The molecule has 0 saturated carbocycles. The van der Waals surface area contributed by atoms with Gasteiger partial charge in [-0.3, -0.25) is 0 Å². The minimum atomic E-state index is 0. The lowest BCUT2D eigenvalue weighted by Gasteiger charge is -2.16. The van der Waals surface area contributed by atoms with Crippen LogP contribution in [0.5, 0.6) is 0 Å². The maximum Gasteiger partial charge on any atom is 0.194 e. The van der Waals surface area contributed by atoms with Gasteiger partial charge in [0.15, 0.2) is 5.96 Å². The zero-order chi connectivity index (χ0) is 15.2. The lowest BCUT2D eigenvalue weighted by Crippen LogP contribution is -2.23. The molecule has 0 bridgehead atoms. The van der Waals surface area contributed by atoms with Crippen LogP contribution in [0.15, 0.2) is 47.7 Å². The second-order valence-electron chi connectivity index (χ2n) is 5.26. The molecule has 3 N–H and O–H groups in total. The molecule has 3 heterocycles. The fourth-order valence-electron chi connectivity index (χ4n) is 2.46. The first kappa shape index (κ1) is 17.5. The van der Waals surface area contributed by atoms with Gasteiger partial charge in [-0.15, -0.1) is 24.0 Å². The standard InChI is InChI=1S/C16H20N6.HI/c17-16(21-14-5-1-2-7-18-14)20-12-13-6-8-19-15(11-13)22-9-3-4-10-22;/h1-2,5-8,11H,3-4,9-10,12H2,(H3,17,18,20,21);1H. The van der Waals surface area contributed by atoms with Crippen LogP contribution in [0, 0.1) is 0 Å². The SMILES string of the molecule is I.NC(=NCc1ccnc(N2CCCC2)c1)Nc1ccccn1. The number of aliphatic imine (C=N–C) groups is 1. The fourth-order valence-corrected chi connectivity index (χ4v) is 2.46. The van der Waals surface area contributed by atoms with E-state index in [0.717, 1.165) is 24.5 Å². The number of pyridine rings is 2. The fraction of sp³-hybridized carbons (Fsp3) is 0.312. The first-order valence-corrected chi connectivity index (χ1v) is 7.49. The third-order valence-electron chi connectivity index (χ3n) is 3.59. The molecule has 2 aromatic rings. The molecular formula is C16H21IN6. The van der Waals surface area contributed by atoms with E-state index in [1.54, 1.807) is 6.20 Å². The van der Waals surface area contributed by atoms with Gasteiger partial charge in [0.25, 0.3) is 0 Å². The van der Waals surface area contributed by atoms with Gasteiger partial charge in [-0.1, -0.05) is 6.07 Å². The number of nitrogens with one attached hydrogen (secondary N) is 1. The van der Waals surface area contributed by atoms with Crippen LogP contribution in [0.4, 0.5) is 11.6 Å². The molecule has 23 heavy (non-hydrogen) atoms. The van der Waals surface area contributed by atoms with E-state index in [4.69, 9.17) is 5.73 Å². The molecule has 0 spiro atoms. The van der Waals surface area contributed by atoms with E-state index in [2.05, 4.69) is 31.2 Å². The Labute approximate surface area is 153 Å². The summed E-state index contributed by atoms with van der Waals surface area (Å²) >= 11 is 0. The maximum atomic E-state index is 5.89. The quantitative estimate of drug-likeness (QED) is 0.448. The van der Waals surface area contributed by atoms with Gasteiger partial charge in [-0.2, -0.15) is 0 Å². The Morgan fingerprint density at radius 1 is 1.17 bits per heavy atom. The summed E-state index contributed by atoms with van der Waals surface area (Å²) in [5.74, 6) is 2.08. The van der Waals surface area contributed by atoms with Crippen LogP contribution in [-0.2, 0) is 6.54 Å². The van der Waals surface area contributed by atoms with Gasteiger partial charge in [0.05, 0.1) is 6.54 Å². The maximum absolute atomic E-state index is 5.89. The molecule has 2 aromatic heterocycles. The number of nitrogens with zero attached hydrogens (tertiary/aromatic N) is 4. The summed E-state index contributed by atoms with van der Waals surface area (Å²) in [5, 5.41) is 2.97. The van der Waals surface area contributed by atoms with Gasteiger partial charge in [0, 0.05) is 25.5 Å². The monoisotopic (exact) mass is 424 g/mol. The molecule has 0 aromatic carbocycles. The normalized spacial score (nSPS) is 14.4. The summed E-state index contributed by atoms with van der Waals surface area (Å²) in [5.41, 5.74) is 6.99. The highest BCUT2D eigenvalue weighted by molar-refractivity contribution is 14.0. The predicted molar refractivity (Wildman–Crippen MR) is 104 cm³/mol. The van der Waals surface area contributed by atoms with Crippen molar-refractivity contribution in [2.75, 3.05) is 23.3 Å². The molecule has 0 aliphatic carbocycles. The Kier molecular flexibility index (Phi) is 6.57. The molecule has 0 atom stereocenters. The van der Waals surface area contributed by atoms with E-state index in [0.29, 0.717) is 18.3 Å². The molecule has 6 nitrogen and oxygen atoms in total. The van der Waals surface area contributed by atoms with E-state index in [-0.39, 0.29) is 24.0 Å². The minimum absolute atomic E-state index is 0. The molecular weight excluding hydrogens is 403 g/mol. The largest absolute Gasteiger partial charge is 0.370 e. The Balaban J connectivity index is 0.00000192. The number of nitrogens with two attached hydrogens (primary N) is 1. The number of guanidine groups is 1. The molecule has 7 heteroatoms. The van der Waals surface area contributed by atoms with Crippen molar-refractivity contribution < 1.29 is 0 Å². The molecule has 1 saturated heterocycles. The van der Waals surface area contributed by atoms with Crippen molar-refractivity contribution in [3.8, 4) is 0 Å². The second-order valence-corrected chi connectivity index (χ2v) is 5.26. The minimum Gasteiger partial charge on any atom is -0.370 e. The average molecular weight is 424 g/mol. The molecule has 1 aliphatic heterocycles. The van der Waals surface area contributed by atoms with Crippen LogP contribution in [-0.4, -0.2) is 29.0 Å². The van der Waals surface area contributed by atoms with Gasteiger partial charge >= 0.3 is 0 Å².